The van der Waals surface area contributed by atoms with Crippen LogP contribution < -0.4 is 10.5 Å². The van der Waals surface area contributed by atoms with Gasteiger partial charge in [-0.1, -0.05) is 21.1 Å². The van der Waals surface area contributed by atoms with Gasteiger partial charge in [0, 0.05) is 16.2 Å². The Labute approximate surface area is 123 Å². The SMILES string of the molecule is Cc1ccc(/C(N)=N/O)c(Oc2cc(F)cc(Br)c2)n1. The predicted octanol–water partition coefficient (Wildman–Crippen LogP) is 3.18. The van der Waals surface area contributed by atoms with Crippen LogP contribution in [0.4, 0.5) is 4.39 Å². The molecular formula is C13H11BrFN3O2. The van der Waals surface area contributed by atoms with Crippen molar-refractivity contribution in [3.8, 4) is 11.6 Å². The highest BCUT2D eigenvalue weighted by atomic mass is 79.9. The van der Waals surface area contributed by atoms with Gasteiger partial charge in [0.1, 0.15) is 11.6 Å². The lowest BCUT2D eigenvalue weighted by Crippen LogP contribution is -2.15. The first-order valence-corrected chi connectivity index (χ1v) is 6.38. The van der Waals surface area contributed by atoms with Crippen LogP contribution in [-0.4, -0.2) is 16.0 Å². The van der Waals surface area contributed by atoms with Crippen LogP contribution in [0.1, 0.15) is 11.3 Å². The molecule has 20 heavy (non-hydrogen) atoms. The Hall–Kier alpha value is -2.15. The Balaban J connectivity index is 2.44. The first-order chi connectivity index (χ1) is 9.49. The summed E-state index contributed by atoms with van der Waals surface area (Å²) in [5.74, 6) is -0.199. The molecule has 0 spiro atoms. The van der Waals surface area contributed by atoms with E-state index < -0.39 is 5.82 Å². The van der Waals surface area contributed by atoms with Crippen LogP contribution in [0.5, 0.6) is 11.6 Å². The highest BCUT2D eigenvalue weighted by Gasteiger charge is 2.12. The molecule has 0 saturated carbocycles. The molecule has 0 aliphatic carbocycles. The number of halogens is 2. The number of aromatic nitrogens is 1. The second-order valence-electron chi connectivity index (χ2n) is 4.00. The van der Waals surface area contributed by atoms with Crippen LogP contribution in [-0.2, 0) is 0 Å². The number of aryl methyl sites for hydroxylation is 1. The van der Waals surface area contributed by atoms with Crippen molar-refractivity contribution >= 4 is 21.8 Å². The third-order valence-electron chi connectivity index (χ3n) is 2.43. The van der Waals surface area contributed by atoms with E-state index in [1.807, 2.05) is 0 Å². The van der Waals surface area contributed by atoms with Gasteiger partial charge in [-0.15, -0.1) is 0 Å². The van der Waals surface area contributed by atoms with E-state index in [1.165, 1.54) is 12.1 Å². The number of amidine groups is 1. The van der Waals surface area contributed by atoms with E-state index in [9.17, 15) is 4.39 Å². The smallest absolute Gasteiger partial charge is 0.230 e. The molecule has 0 radical (unpaired) electrons. The maximum absolute atomic E-state index is 13.3. The Morgan fingerprint density at radius 1 is 1.40 bits per heavy atom. The topological polar surface area (TPSA) is 80.7 Å². The van der Waals surface area contributed by atoms with Gasteiger partial charge >= 0.3 is 0 Å². The van der Waals surface area contributed by atoms with Crippen molar-refractivity contribution in [3.63, 3.8) is 0 Å². The first kappa shape index (κ1) is 14.3. The van der Waals surface area contributed by atoms with Crippen molar-refractivity contribution in [1.82, 2.24) is 4.98 Å². The summed E-state index contributed by atoms with van der Waals surface area (Å²) >= 11 is 3.17. The molecule has 0 saturated heterocycles. The van der Waals surface area contributed by atoms with Crippen molar-refractivity contribution in [2.24, 2.45) is 10.9 Å². The summed E-state index contributed by atoms with van der Waals surface area (Å²) < 4.78 is 19.4. The van der Waals surface area contributed by atoms with Crippen LogP contribution in [0.3, 0.4) is 0 Å². The van der Waals surface area contributed by atoms with Crippen molar-refractivity contribution in [2.75, 3.05) is 0 Å². The third kappa shape index (κ3) is 3.24. The fourth-order valence-corrected chi connectivity index (χ4v) is 2.00. The minimum absolute atomic E-state index is 0.136. The van der Waals surface area contributed by atoms with E-state index >= 15 is 0 Å². The highest BCUT2D eigenvalue weighted by molar-refractivity contribution is 9.10. The quantitative estimate of drug-likeness (QED) is 0.389. The summed E-state index contributed by atoms with van der Waals surface area (Å²) in [4.78, 5) is 4.16. The number of ether oxygens (including phenoxy) is 1. The van der Waals surface area contributed by atoms with Crippen molar-refractivity contribution in [1.29, 1.82) is 0 Å². The average molecular weight is 340 g/mol. The Morgan fingerprint density at radius 3 is 2.80 bits per heavy atom. The van der Waals surface area contributed by atoms with Crippen LogP contribution in [0.2, 0.25) is 0 Å². The number of hydrogen-bond acceptors (Lipinski definition) is 4. The average Bonchev–Trinajstić information content (AvgIpc) is 2.37. The zero-order valence-electron chi connectivity index (χ0n) is 10.5. The summed E-state index contributed by atoms with van der Waals surface area (Å²) in [5.41, 5.74) is 6.56. The normalized spacial score (nSPS) is 11.4. The van der Waals surface area contributed by atoms with E-state index in [0.29, 0.717) is 15.7 Å². The molecule has 1 aromatic carbocycles. The maximum Gasteiger partial charge on any atom is 0.230 e. The molecule has 0 bridgehead atoms. The Morgan fingerprint density at radius 2 is 2.15 bits per heavy atom. The minimum Gasteiger partial charge on any atom is -0.438 e. The van der Waals surface area contributed by atoms with Crippen molar-refractivity contribution < 1.29 is 14.3 Å². The summed E-state index contributed by atoms with van der Waals surface area (Å²) in [5, 5.41) is 11.7. The minimum atomic E-state index is -0.452. The largest absolute Gasteiger partial charge is 0.438 e. The lowest BCUT2D eigenvalue weighted by atomic mass is 10.2. The van der Waals surface area contributed by atoms with Gasteiger partial charge < -0.3 is 15.7 Å². The van der Waals surface area contributed by atoms with E-state index in [1.54, 1.807) is 25.1 Å². The third-order valence-corrected chi connectivity index (χ3v) is 2.89. The van der Waals surface area contributed by atoms with E-state index in [4.69, 9.17) is 15.7 Å². The number of benzene rings is 1. The molecule has 0 aliphatic heterocycles. The second kappa shape index (κ2) is 5.87. The van der Waals surface area contributed by atoms with Gasteiger partial charge in [-0.2, -0.15) is 0 Å². The number of rotatable bonds is 3. The molecule has 2 rings (SSSR count). The van der Waals surface area contributed by atoms with Gasteiger partial charge in [0.2, 0.25) is 5.88 Å². The maximum atomic E-state index is 13.3. The number of hydrogen-bond donors (Lipinski definition) is 2. The number of pyridine rings is 1. The molecule has 0 unspecified atom stereocenters. The van der Waals surface area contributed by atoms with Crippen LogP contribution in [0.15, 0.2) is 40.0 Å². The molecule has 3 N–H and O–H groups in total. The number of oxime groups is 1. The highest BCUT2D eigenvalue weighted by Crippen LogP contribution is 2.27. The predicted molar refractivity (Wildman–Crippen MR) is 75.7 cm³/mol. The lowest BCUT2D eigenvalue weighted by Gasteiger charge is -2.10. The van der Waals surface area contributed by atoms with Crippen LogP contribution in [0, 0.1) is 12.7 Å². The van der Waals surface area contributed by atoms with Gasteiger partial charge in [-0.05, 0) is 31.2 Å². The fourth-order valence-electron chi connectivity index (χ4n) is 1.56. The molecule has 0 aliphatic rings. The molecular weight excluding hydrogens is 329 g/mol. The number of nitrogens with two attached hydrogens (primary N) is 1. The molecule has 1 heterocycles. The zero-order chi connectivity index (χ0) is 14.7. The van der Waals surface area contributed by atoms with E-state index in [2.05, 4.69) is 26.1 Å². The molecule has 2 aromatic rings. The van der Waals surface area contributed by atoms with Crippen LogP contribution >= 0.6 is 15.9 Å². The van der Waals surface area contributed by atoms with Gasteiger partial charge in [-0.3, -0.25) is 0 Å². The number of nitrogens with zero attached hydrogens (tertiary/aromatic N) is 2. The zero-order valence-corrected chi connectivity index (χ0v) is 12.1. The lowest BCUT2D eigenvalue weighted by molar-refractivity contribution is 0.318. The molecule has 0 amide bonds. The Bertz CT molecular complexity index is 656. The standard InChI is InChI=1S/C13H11BrFN3O2/c1-7-2-3-11(12(16)18-19)13(17-7)20-10-5-8(14)4-9(15)6-10/h2-6,19H,1H3,(H2,16,18). The van der Waals surface area contributed by atoms with Gasteiger partial charge in [0.05, 0.1) is 5.56 Å². The van der Waals surface area contributed by atoms with E-state index in [0.717, 1.165) is 0 Å². The van der Waals surface area contributed by atoms with Crippen molar-refractivity contribution in [3.05, 3.63) is 51.9 Å². The molecule has 1 aromatic heterocycles. The molecule has 0 fully saturated rings. The molecule has 7 heteroatoms. The van der Waals surface area contributed by atoms with Gasteiger partial charge in [-0.25, -0.2) is 9.37 Å². The van der Waals surface area contributed by atoms with Crippen LogP contribution in [0.25, 0.3) is 0 Å². The molecule has 104 valence electrons. The fraction of sp³-hybridized carbons (Fsp3) is 0.0769. The monoisotopic (exact) mass is 339 g/mol. The summed E-state index contributed by atoms with van der Waals surface area (Å²) in [7, 11) is 0. The van der Waals surface area contributed by atoms with E-state index in [-0.39, 0.29) is 17.5 Å². The summed E-state index contributed by atoms with van der Waals surface area (Å²) in [6.45, 7) is 1.77. The Kier molecular flexibility index (Phi) is 4.19. The molecule has 0 atom stereocenters. The second-order valence-corrected chi connectivity index (χ2v) is 4.91. The summed E-state index contributed by atoms with van der Waals surface area (Å²) in [6, 6.07) is 7.41. The van der Waals surface area contributed by atoms with Gasteiger partial charge in [0.15, 0.2) is 5.84 Å². The first-order valence-electron chi connectivity index (χ1n) is 5.59. The molecule has 5 nitrogen and oxygen atoms in total. The van der Waals surface area contributed by atoms with Crippen molar-refractivity contribution in [2.45, 2.75) is 6.92 Å². The summed E-state index contributed by atoms with van der Waals surface area (Å²) in [6.07, 6.45) is 0. The van der Waals surface area contributed by atoms with Gasteiger partial charge in [0.25, 0.3) is 0 Å².